The normalized spacial score (nSPS) is 17.2. The second-order valence-electron chi connectivity index (χ2n) is 7.46. The van der Waals surface area contributed by atoms with Gasteiger partial charge in [-0.25, -0.2) is 4.79 Å². The summed E-state index contributed by atoms with van der Waals surface area (Å²) in [7, 11) is 0. The highest BCUT2D eigenvalue weighted by molar-refractivity contribution is 6.30. The van der Waals surface area contributed by atoms with Crippen molar-refractivity contribution in [1.82, 2.24) is 9.80 Å². The number of rotatable bonds is 5. The maximum atomic E-state index is 13.0. The fraction of sp³-hybridized carbons (Fsp3) is 0.391. The SMILES string of the molecule is CCOC(=O)[C@@H](c1ccc(Cl)cc1)N1CCN(C(=O)c2ccc3c(c2)CCO3)CC1. The van der Waals surface area contributed by atoms with Crippen LogP contribution in [0.15, 0.2) is 42.5 Å². The molecule has 0 aromatic heterocycles. The van der Waals surface area contributed by atoms with Gasteiger partial charge in [0, 0.05) is 43.2 Å². The third-order valence-corrected chi connectivity index (χ3v) is 5.85. The van der Waals surface area contributed by atoms with Crippen LogP contribution in [0.1, 0.15) is 34.5 Å². The average molecular weight is 429 g/mol. The fourth-order valence-electron chi connectivity index (χ4n) is 4.05. The Morgan fingerprint density at radius 1 is 1.10 bits per heavy atom. The molecule has 1 amide bonds. The number of piperazine rings is 1. The van der Waals surface area contributed by atoms with E-state index in [0.29, 0.717) is 50.0 Å². The Balaban J connectivity index is 1.45. The van der Waals surface area contributed by atoms with E-state index in [4.69, 9.17) is 21.1 Å². The van der Waals surface area contributed by atoms with E-state index in [-0.39, 0.29) is 11.9 Å². The second kappa shape index (κ2) is 9.06. The predicted molar refractivity (Wildman–Crippen MR) is 114 cm³/mol. The average Bonchev–Trinajstić information content (AvgIpc) is 3.23. The molecule has 0 spiro atoms. The summed E-state index contributed by atoms with van der Waals surface area (Å²) in [5.41, 5.74) is 2.62. The standard InChI is InChI=1S/C23H25ClN2O4/c1-2-29-23(28)21(16-3-6-19(24)7-4-16)25-10-12-26(13-11-25)22(27)18-5-8-20-17(15-18)9-14-30-20/h3-8,15,21H,2,9-14H2,1H3/t21-/m1/s1. The van der Waals surface area contributed by atoms with E-state index in [1.807, 2.05) is 35.2 Å². The summed E-state index contributed by atoms with van der Waals surface area (Å²) in [6, 6.07) is 12.4. The van der Waals surface area contributed by atoms with Crippen LogP contribution in [0, 0.1) is 0 Å². The first-order chi connectivity index (χ1) is 14.6. The first kappa shape index (κ1) is 20.7. The highest BCUT2D eigenvalue weighted by Gasteiger charge is 2.33. The van der Waals surface area contributed by atoms with Crippen LogP contribution in [0.2, 0.25) is 5.02 Å². The van der Waals surface area contributed by atoms with Crippen molar-refractivity contribution in [1.29, 1.82) is 0 Å². The zero-order valence-electron chi connectivity index (χ0n) is 17.0. The molecule has 0 unspecified atom stereocenters. The monoisotopic (exact) mass is 428 g/mol. The molecule has 158 valence electrons. The third-order valence-electron chi connectivity index (χ3n) is 5.60. The minimum Gasteiger partial charge on any atom is -0.493 e. The minimum atomic E-state index is -0.503. The van der Waals surface area contributed by atoms with Gasteiger partial charge >= 0.3 is 5.97 Å². The minimum absolute atomic E-state index is 0.0172. The number of ether oxygens (including phenoxy) is 2. The van der Waals surface area contributed by atoms with Gasteiger partial charge in [-0.2, -0.15) is 0 Å². The Morgan fingerprint density at radius 3 is 2.53 bits per heavy atom. The van der Waals surface area contributed by atoms with Gasteiger partial charge in [0.05, 0.1) is 13.2 Å². The second-order valence-corrected chi connectivity index (χ2v) is 7.89. The molecule has 2 aromatic carbocycles. The smallest absolute Gasteiger partial charge is 0.328 e. The molecule has 2 heterocycles. The predicted octanol–water partition coefficient (Wildman–Crippen LogP) is 3.34. The first-order valence-corrected chi connectivity index (χ1v) is 10.7. The van der Waals surface area contributed by atoms with Gasteiger partial charge in [0.15, 0.2) is 0 Å². The lowest BCUT2D eigenvalue weighted by Crippen LogP contribution is -2.51. The summed E-state index contributed by atoms with van der Waals surface area (Å²) < 4.78 is 10.8. The number of halogens is 1. The molecule has 6 nitrogen and oxygen atoms in total. The number of nitrogens with zero attached hydrogens (tertiary/aromatic N) is 2. The third kappa shape index (κ3) is 4.30. The quantitative estimate of drug-likeness (QED) is 0.683. The van der Waals surface area contributed by atoms with E-state index in [1.165, 1.54) is 0 Å². The number of fused-ring (bicyclic) bond motifs is 1. The van der Waals surface area contributed by atoms with Crippen LogP contribution in [0.25, 0.3) is 0 Å². The molecule has 1 fully saturated rings. The summed E-state index contributed by atoms with van der Waals surface area (Å²) >= 11 is 6.01. The molecule has 1 atom stereocenters. The number of benzene rings is 2. The van der Waals surface area contributed by atoms with E-state index < -0.39 is 6.04 Å². The van der Waals surface area contributed by atoms with Crippen molar-refractivity contribution in [2.75, 3.05) is 39.4 Å². The van der Waals surface area contributed by atoms with Crippen LogP contribution in [0.5, 0.6) is 5.75 Å². The first-order valence-electron chi connectivity index (χ1n) is 10.3. The van der Waals surface area contributed by atoms with Gasteiger partial charge in [-0.3, -0.25) is 9.69 Å². The molecule has 0 saturated carbocycles. The largest absolute Gasteiger partial charge is 0.493 e. The summed E-state index contributed by atoms with van der Waals surface area (Å²) in [5, 5.41) is 0.622. The molecule has 2 aliphatic heterocycles. The van der Waals surface area contributed by atoms with Crippen molar-refractivity contribution in [2.24, 2.45) is 0 Å². The summed E-state index contributed by atoms with van der Waals surface area (Å²) in [6.07, 6.45) is 0.840. The topological polar surface area (TPSA) is 59.1 Å². The Hall–Kier alpha value is -2.57. The molecule has 0 radical (unpaired) electrons. The molecule has 0 N–H and O–H groups in total. The molecule has 4 rings (SSSR count). The molecular formula is C23H25ClN2O4. The molecule has 30 heavy (non-hydrogen) atoms. The van der Waals surface area contributed by atoms with Crippen molar-refractivity contribution in [3.05, 3.63) is 64.2 Å². The number of hydrogen-bond donors (Lipinski definition) is 0. The lowest BCUT2D eigenvalue weighted by atomic mass is 10.0. The number of esters is 1. The Labute approximate surface area is 181 Å². The molecule has 0 aliphatic carbocycles. The number of carbonyl (C=O) groups is 2. The zero-order chi connectivity index (χ0) is 21.1. The highest BCUT2D eigenvalue weighted by Crippen LogP contribution is 2.28. The lowest BCUT2D eigenvalue weighted by Gasteiger charge is -2.38. The van der Waals surface area contributed by atoms with Crippen molar-refractivity contribution < 1.29 is 19.1 Å². The van der Waals surface area contributed by atoms with E-state index >= 15 is 0 Å². The van der Waals surface area contributed by atoms with Gasteiger partial charge in [-0.05, 0) is 48.4 Å². The maximum Gasteiger partial charge on any atom is 0.328 e. The summed E-state index contributed by atoms with van der Waals surface area (Å²) in [6.45, 7) is 5.08. The Kier molecular flexibility index (Phi) is 6.25. The van der Waals surface area contributed by atoms with Gasteiger partial charge in [0.2, 0.25) is 0 Å². The van der Waals surface area contributed by atoms with E-state index in [2.05, 4.69) is 4.90 Å². The molecular weight excluding hydrogens is 404 g/mol. The highest BCUT2D eigenvalue weighted by atomic mass is 35.5. The van der Waals surface area contributed by atoms with Crippen LogP contribution >= 0.6 is 11.6 Å². The number of carbonyl (C=O) groups excluding carboxylic acids is 2. The lowest BCUT2D eigenvalue weighted by molar-refractivity contribution is -0.150. The van der Waals surface area contributed by atoms with Crippen molar-refractivity contribution in [3.63, 3.8) is 0 Å². The van der Waals surface area contributed by atoms with E-state index in [1.54, 1.807) is 19.1 Å². The van der Waals surface area contributed by atoms with Crippen molar-refractivity contribution >= 4 is 23.5 Å². The van der Waals surface area contributed by atoms with Crippen LogP contribution in [-0.4, -0.2) is 61.1 Å². The van der Waals surface area contributed by atoms with Gasteiger partial charge in [-0.1, -0.05) is 23.7 Å². The Morgan fingerprint density at radius 2 is 1.83 bits per heavy atom. The van der Waals surface area contributed by atoms with Crippen LogP contribution in [0.3, 0.4) is 0 Å². The summed E-state index contributed by atoms with van der Waals surface area (Å²) in [5.74, 6) is 0.610. The van der Waals surface area contributed by atoms with Crippen LogP contribution in [0.4, 0.5) is 0 Å². The van der Waals surface area contributed by atoms with Gasteiger partial charge in [0.25, 0.3) is 5.91 Å². The van der Waals surface area contributed by atoms with Gasteiger partial charge in [0.1, 0.15) is 11.8 Å². The molecule has 7 heteroatoms. The van der Waals surface area contributed by atoms with Crippen LogP contribution < -0.4 is 4.74 Å². The fourth-order valence-corrected chi connectivity index (χ4v) is 4.17. The maximum absolute atomic E-state index is 13.0. The summed E-state index contributed by atoms with van der Waals surface area (Å²) in [4.78, 5) is 29.6. The molecule has 0 bridgehead atoms. The molecule has 2 aliphatic rings. The van der Waals surface area contributed by atoms with Gasteiger partial charge < -0.3 is 14.4 Å². The molecule has 1 saturated heterocycles. The Bertz CT molecular complexity index is 923. The van der Waals surface area contributed by atoms with Crippen molar-refractivity contribution in [2.45, 2.75) is 19.4 Å². The molecule has 2 aromatic rings. The number of hydrogen-bond acceptors (Lipinski definition) is 5. The zero-order valence-corrected chi connectivity index (χ0v) is 17.7. The van der Waals surface area contributed by atoms with E-state index in [0.717, 1.165) is 23.3 Å². The van der Waals surface area contributed by atoms with Crippen LogP contribution in [-0.2, 0) is 16.0 Å². The van der Waals surface area contributed by atoms with Gasteiger partial charge in [-0.15, -0.1) is 0 Å². The van der Waals surface area contributed by atoms with Crippen molar-refractivity contribution in [3.8, 4) is 5.75 Å². The number of amides is 1. The van der Waals surface area contributed by atoms with E-state index in [9.17, 15) is 9.59 Å².